The van der Waals surface area contributed by atoms with Crippen molar-refractivity contribution in [3.05, 3.63) is 0 Å². The van der Waals surface area contributed by atoms with Crippen molar-refractivity contribution in [1.82, 2.24) is 0 Å². The Kier molecular flexibility index (Phi) is 12.8. The third kappa shape index (κ3) is 14.6. The molecule has 4 nitrogen and oxygen atoms in total. The lowest BCUT2D eigenvalue weighted by Crippen LogP contribution is -2.44. The van der Waals surface area contributed by atoms with Gasteiger partial charge in [0.2, 0.25) is 0 Å². The lowest BCUT2D eigenvalue weighted by atomic mass is 9.79. The fraction of sp³-hybridized carbons (Fsp3) is 1.00. The molecule has 0 aliphatic rings. The third-order valence-electron chi connectivity index (χ3n) is 6.49. The van der Waals surface area contributed by atoms with E-state index >= 15 is 0 Å². The molecule has 0 saturated heterocycles. The lowest BCUT2D eigenvalue weighted by molar-refractivity contribution is -0.0941. The van der Waals surface area contributed by atoms with Crippen LogP contribution in [-0.4, -0.2) is 42.2 Å². The number of hydrogen-bond donors (Lipinski definition) is 1. The standard InChI is InChI=1S/C27H57NO3/c1-13-15-29-24(5,6)16-23(17-25(7,8)30-19-21(3)14-2)18-26(9,10)31-20-22(4)27(11,12)28/h21-23H,13-20,28H2,1-12H3. The highest BCUT2D eigenvalue weighted by Gasteiger charge is 2.35. The van der Waals surface area contributed by atoms with Crippen molar-refractivity contribution in [3.8, 4) is 0 Å². The summed E-state index contributed by atoms with van der Waals surface area (Å²) in [5, 5.41) is 0. The SMILES string of the molecule is CCCOC(C)(C)CC(CC(C)(C)OCC(C)CC)CC(C)(C)OCC(C)C(C)(C)N. The van der Waals surface area contributed by atoms with E-state index in [4.69, 9.17) is 19.9 Å². The van der Waals surface area contributed by atoms with Gasteiger partial charge in [-0.1, -0.05) is 34.1 Å². The summed E-state index contributed by atoms with van der Waals surface area (Å²) < 4.78 is 19.0. The van der Waals surface area contributed by atoms with E-state index in [0.29, 0.717) is 24.4 Å². The fourth-order valence-electron chi connectivity index (χ4n) is 3.91. The van der Waals surface area contributed by atoms with Crippen molar-refractivity contribution >= 4 is 0 Å². The maximum absolute atomic E-state index is 6.41. The maximum Gasteiger partial charge on any atom is 0.0629 e. The first-order valence-corrected chi connectivity index (χ1v) is 12.6. The zero-order valence-electron chi connectivity index (χ0n) is 23.2. The Morgan fingerprint density at radius 3 is 1.48 bits per heavy atom. The highest BCUT2D eigenvalue weighted by Crippen LogP contribution is 2.36. The van der Waals surface area contributed by atoms with Crippen LogP contribution in [0.2, 0.25) is 0 Å². The Morgan fingerprint density at radius 2 is 1.10 bits per heavy atom. The first kappa shape index (κ1) is 30.8. The summed E-state index contributed by atoms with van der Waals surface area (Å²) in [7, 11) is 0. The minimum Gasteiger partial charge on any atom is -0.376 e. The van der Waals surface area contributed by atoms with E-state index in [0.717, 1.165) is 45.3 Å². The van der Waals surface area contributed by atoms with Gasteiger partial charge in [0.05, 0.1) is 23.4 Å². The summed E-state index contributed by atoms with van der Waals surface area (Å²) in [5.41, 5.74) is 5.49. The monoisotopic (exact) mass is 443 g/mol. The Morgan fingerprint density at radius 1 is 0.677 bits per heavy atom. The first-order valence-electron chi connectivity index (χ1n) is 12.6. The van der Waals surface area contributed by atoms with Gasteiger partial charge in [-0.25, -0.2) is 0 Å². The van der Waals surface area contributed by atoms with Gasteiger partial charge in [-0.15, -0.1) is 0 Å². The van der Waals surface area contributed by atoms with Crippen LogP contribution in [0.25, 0.3) is 0 Å². The van der Waals surface area contributed by atoms with Crippen molar-refractivity contribution in [1.29, 1.82) is 0 Å². The van der Waals surface area contributed by atoms with Crippen molar-refractivity contribution in [2.75, 3.05) is 19.8 Å². The quantitative estimate of drug-likeness (QED) is 0.263. The molecule has 0 spiro atoms. The Bertz CT molecular complexity index is 479. The molecule has 3 unspecified atom stereocenters. The van der Waals surface area contributed by atoms with Crippen LogP contribution in [-0.2, 0) is 14.2 Å². The van der Waals surface area contributed by atoms with Crippen LogP contribution in [0.5, 0.6) is 0 Å². The molecule has 0 aromatic heterocycles. The second kappa shape index (κ2) is 12.9. The van der Waals surface area contributed by atoms with Gasteiger partial charge in [-0.2, -0.15) is 0 Å². The van der Waals surface area contributed by atoms with Gasteiger partial charge in [0.25, 0.3) is 0 Å². The zero-order valence-corrected chi connectivity index (χ0v) is 23.2. The summed E-state index contributed by atoms with van der Waals surface area (Å²) in [6.45, 7) is 28.6. The smallest absolute Gasteiger partial charge is 0.0629 e. The van der Waals surface area contributed by atoms with Crippen LogP contribution in [0.3, 0.4) is 0 Å². The minimum absolute atomic E-state index is 0.157. The second-order valence-electron chi connectivity index (χ2n) is 12.5. The minimum atomic E-state index is -0.239. The van der Waals surface area contributed by atoms with Crippen LogP contribution in [0.1, 0.15) is 115 Å². The molecule has 188 valence electrons. The molecule has 0 radical (unpaired) electrons. The zero-order chi connectivity index (χ0) is 24.5. The lowest BCUT2D eigenvalue weighted by Gasteiger charge is -2.39. The molecule has 31 heavy (non-hydrogen) atoms. The molecule has 0 bridgehead atoms. The Balaban J connectivity index is 5.28. The van der Waals surface area contributed by atoms with E-state index < -0.39 is 0 Å². The van der Waals surface area contributed by atoms with Gasteiger partial charge in [0, 0.05) is 18.8 Å². The topological polar surface area (TPSA) is 53.7 Å². The molecule has 0 aromatic rings. The molecule has 0 rings (SSSR count). The van der Waals surface area contributed by atoms with E-state index in [1.165, 1.54) is 0 Å². The van der Waals surface area contributed by atoms with E-state index in [9.17, 15) is 0 Å². The number of nitrogens with two attached hydrogens (primary N) is 1. The second-order valence-corrected chi connectivity index (χ2v) is 12.5. The summed E-state index contributed by atoms with van der Waals surface area (Å²) in [6.07, 6.45) is 5.15. The molecule has 3 atom stereocenters. The predicted octanol–water partition coefficient (Wildman–Crippen LogP) is 6.99. The van der Waals surface area contributed by atoms with E-state index in [1.54, 1.807) is 0 Å². The van der Waals surface area contributed by atoms with Crippen molar-refractivity contribution in [2.45, 2.75) is 138 Å². The van der Waals surface area contributed by atoms with E-state index in [-0.39, 0.29) is 22.3 Å². The molecule has 2 N–H and O–H groups in total. The van der Waals surface area contributed by atoms with Crippen LogP contribution in [0.4, 0.5) is 0 Å². The number of hydrogen-bond acceptors (Lipinski definition) is 4. The van der Waals surface area contributed by atoms with Crippen molar-refractivity contribution < 1.29 is 14.2 Å². The molecule has 0 fully saturated rings. The molecule has 0 aliphatic carbocycles. The molecular weight excluding hydrogens is 386 g/mol. The normalized spacial score (nSPS) is 16.9. The van der Waals surface area contributed by atoms with Crippen LogP contribution in [0.15, 0.2) is 0 Å². The summed E-state index contributed by atoms with van der Waals surface area (Å²) in [6, 6.07) is 0. The molecular formula is C27H57NO3. The third-order valence-corrected chi connectivity index (χ3v) is 6.49. The molecule has 4 heteroatoms. The fourth-order valence-corrected chi connectivity index (χ4v) is 3.91. The van der Waals surface area contributed by atoms with Crippen molar-refractivity contribution in [2.24, 2.45) is 23.5 Å². The highest BCUT2D eigenvalue weighted by atomic mass is 16.5. The highest BCUT2D eigenvalue weighted by molar-refractivity contribution is 4.86. The Hall–Kier alpha value is -0.160. The molecule has 0 heterocycles. The first-order chi connectivity index (χ1) is 13.9. The molecule has 0 aromatic carbocycles. The van der Waals surface area contributed by atoms with Gasteiger partial charge in [0.15, 0.2) is 0 Å². The van der Waals surface area contributed by atoms with Crippen molar-refractivity contribution in [3.63, 3.8) is 0 Å². The average Bonchev–Trinajstić information content (AvgIpc) is 2.60. The molecule has 0 aliphatic heterocycles. The van der Waals surface area contributed by atoms with Crippen LogP contribution < -0.4 is 5.73 Å². The van der Waals surface area contributed by atoms with Gasteiger partial charge >= 0.3 is 0 Å². The predicted molar refractivity (Wildman–Crippen MR) is 135 cm³/mol. The number of rotatable bonds is 17. The maximum atomic E-state index is 6.41. The largest absolute Gasteiger partial charge is 0.376 e. The van der Waals surface area contributed by atoms with Crippen LogP contribution >= 0.6 is 0 Å². The molecule has 0 amide bonds. The van der Waals surface area contributed by atoms with Crippen LogP contribution in [0, 0.1) is 17.8 Å². The summed E-state index contributed by atoms with van der Waals surface area (Å²) in [5.74, 6) is 1.32. The van der Waals surface area contributed by atoms with Gasteiger partial charge in [-0.05, 0) is 98.8 Å². The number of ether oxygens (including phenoxy) is 3. The Labute approximate surface area is 195 Å². The summed E-state index contributed by atoms with van der Waals surface area (Å²) >= 11 is 0. The van der Waals surface area contributed by atoms with E-state index in [2.05, 4.69) is 83.1 Å². The molecule has 0 saturated carbocycles. The van der Waals surface area contributed by atoms with E-state index in [1.807, 2.05) is 0 Å². The average molecular weight is 444 g/mol. The van der Waals surface area contributed by atoms with Gasteiger partial charge in [-0.3, -0.25) is 0 Å². The van der Waals surface area contributed by atoms with Gasteiger partial charge < -0.3 is 19.9 Å². The van der Waals surface area contributed by atoms with Gasteiger partial charge in [0.1, 0.15) is 0 Å². The summed E-state index contributed by atoms with van der Waals surface area (Å²) in [4.78, 5) is 0.